The summed E-state index contributed by atoms with van der Waals surface area (Å²) in [7, 11) is 0. The number of hydrogen-bond donors (Lipinski definition) is 0. The number of rotatable bonds is 5. The molecule has 3 aromatic heterocycles. The Morgan fingerprint density at radius 1 is 1.33 bits per heavy atom. The second-order valence-electron chi connectivity index (χ2n) is 6.26. The zero-order valence-electron chi connectivity index (χ0n) is 13.9. The second-order valence-corrected chi connectivity index (χ2v) is 6.26. The van der Waals surface area contributed by atoms with Gasteiger partial charge in [-0.3, -0.25) is 4.68 Å². The number of imidazole rings is 1. The predicted molar refractivity (Wildman–Crippen MR) is 89.2 cm³/mol. The topological polar surface area (TPSA) is 61.4 Å². The summed E-state index contributed by atoms with van der Waals surface area (Å²) < 4.78 is 8.85. The summed E-state index contributed by atoms with van der Waals surface area (Å²) in [6.07, 6.45) is 7.87. The molecular formula is C18H20N4O2. The Morgan fingerprint density at radius 2 is 2.17 bits per heavy atom. The van der Waals surface area contributed by atoms with Gasteiger partial charge in [0.05, 0.1) is 30.6 Å². The summed E-state index contributed by atoms with van der Waals surface area (Å²) in [4.78, 5) is 16.4. The fourth-order valence-corrected chi connectivity index (χ4v) is 3.09. The van der Waals surface area contributed by atoms with Gasteiger partial charge in [0.2, 0.25) is 0 Å². The van der Waals surface area contributed by atoms with E-state index in [1.807, 2.05) is 0 Å². The van der Waals surface area contributed by atoms with Crippen molar-refractivity contribution in [3.8, 4) is 0 Å². The molecule has 1 aliphatic carbocycles. The number of esters is 1. The molecule has 0 N–H and O–H groups in total. The van der Waals surface area contributed by atoms with Crippen molar-refractivity contribution in [3.63, 3.8) is 0 Å². The third kappa shape index (κ3) is 2.68. The smallest absolute Gasteiger partial charge is 0.341 e. The Balaban J connectivity index is 1.58. The Hall–Kier alpha value is -2.63. The quantitative estimate of drug-likeness (QED) is 0.677. The van der Waals surface area contributed by atoms with Crippen molar-refractivity contribution < 1.29 is 9.53 Å². The molecule has 3 aromatic rings. The average molecular weight is 324 g/mol. The van der Waals surface area contributed by atoms with Crippen LogP contribution in [-0.4, -0.2) is 31.7 Å². The van der Waals surface area contributed by atoms with Crippen molar-refractivity contribution in [2.75, 3.05) is 6.61 Å². The maximum absolute atomic E-state index is 11.7. The summed E-state index contributed by atoms with van der Waals surface area (Å²) in [5, 5.41) is 4.23. The minimum atomic E-state index is -0.344. The molecule has 3 heterocycles. The van der Waals surface area contributed by atoms with Crippen molar-refractivity contribution in [3.05, 3.63) is 53.2 Å². The van der Waals surface area contributed by atoms with Crippen LogP contribution in [0.2, 0.25) is 0 Å². The minimum absolute atomic E-state index is 0.344. The number of fused-ring (bicyclic) bond motifs is 1. The van der Waals surface area contributed by atoms with Gasteiger partial charge in [-0.25, -0.2) is 9.78 Å². The monoisotopic (exact) mass is 324 g/mol. The molecule has 4 rings (SSSR count). The van der Waals surface area contributed by atoms with Crippen molar-refractivity contribution in [1.82, 2.24) is 19.2 Å². The van der Waals surface area contributed by atoms with E-state index in [4.69, 9.17) is 4.74 Å². The number of aryl methyl sites for hydroxylation is 1. The molecule has 1 saturated carbocycles. The predicted octanol–water partition coefficient (Wildman–Crippen LogP) is 2.94. The van der Waals surface area contributed by atoms with Crippen molar-refractivity contribution in [2.45, 2.75) is 39.2 Å². The molecule has 1 aliphatic rings. The lowest BCUT2D eigenvalue weighted by atomic mass is 10.1. The molecule has 0 amide bonds. The van der Waals surface area contributed by atoms with Crippen molar-refractivity contribution in [2.24, 2.45) is 0 Å². The van der Waals surface area contributed by atoms with Gasteiger partial charge < -0.3 is 9.14 Å². The van der Waals surface area contributed by atoms with Crippen LogP contribution in [0.4, 0.5) is 0 Å². The van der Waals surface area contributed by atoms with Crippen LogP contribution in [0.5, 0.6) is 0 Å². The molecule has 6 nitrogen and oxygen atoms in total. The Morgan fingerprint density at radius 3 is 2.92 bits per heavy atom. The lowest BCUT2D eigenvalue weighted by molar-refractivity contribution is 0.0526. The van der Waals surface area contributed by atoms with E-state index in [0.717, 1.165) is 17.3 Å². The highest BCUT2D eigenvalue weighted by Crippen LogP contribution is 2.41. The van der Waals surface area contributed by atoms with Gasteiger partial charge in [0.25, 0.3) is 0 Å². The van der Waals surface area contributed by atoms with Gasteiger partial charge in [-0.05, 0) is 44.2 Å². The first-order valence-corrected chi connectivity index (χ1v) is 8.32. The van der Waals surface area contributed by atoms with E-state index in [1.54, 1.807) is 17.8 Å². The van der Waals surface area contributed by atoms with Crippen molar-refractivity contribution >= 4 is 11.6 Å². The van der Waals surface area contributed by atoms with Gasteiger partial charge >= 0.3 is 5.97 Å². The molecule has 0 radical (unpaired) electrons. The van der Waals surface area contributed by atoms with E-state index in [0.29, 0.717) is 18.7 Å². The van der Waals surface area contributed by atoms with Gasteiger partial charge in [0.15, 0.2) is 0 Å². The molecular weight excluding hydrogens is 304 g/mol. The van der Waals surface area contributed by atoms with E-state index in [9.17, 15) is 4.79 Å². The molecule has 0 saturated heterocycles. The number of aromatic nitrogens is 4. The first-order chi connectivity index (χ1) is 11.7. The summed E-state index contributed by atoms with van der Waals surface area (Å²) in [5.41, 5.74) is 5.03. The lowest BCUT2D eigenvalue weighted by Crippen LogP contribution is -2.04. The van der Waals surface area contributed by atoms with Crippen LogP contribution in [0, 0.1) is 6.92 Å². The number of carbonyl (C=O) groups excluding carboxylic acids is 1. The van der Waals surface area contributed by atoms with E-state index >= 15 is 0 Å². The van der Waals surface area contributed by atoms with E-state index in [1.165, 1.54) is 30.3 Å². The van der Waals surface area contributed by atoms with Crippen LogP contribution in [0.15, 0.2) is 30.7 Å². The molecule has 24 heavy (non-hydrogen) atoms. The number of ether oxygens (including phenoxy) is 1. The highest BCUT2D eigenvalue weighted by Gasteiger charge is 2.26. The fraction of sp³-hybridized carbons (Fsp3) is 0.389. The molecule has 0 atom stereocenters. The molecule has 0 unspecified atom stereocenters. The van der Waals surface area contributed by atoms with E-state index in [-0.39, 0.29) is 5.97 Å². The van der Waals surface area contributed by atoms with Gasteiger partial charge in [0, 0.05) is 18.1 Å². The minimum Gasteiger partial charge on any atom is -0.462 e. The zero-order chi connectivity index (χ0) is 16.7. The summed E-state index contributed by atoms with van der Waals surface area (Å²) in [6, 6.07) is 4.28. The molecule has 0 spiro atoms. The fourth-order valence-electron chi connectivity index (χ4n) is 3.09. The van der Waals surface area contributed by atoms with Crippen LogP contribution in [0.25, 0.3) is 5.65 Å². The summed E-state index contributed by atoms with van der Waals surface area (Å²) in [5.74, 6) is 0.377. The van der Waals surface area contributed by atoms with Crippen LogP contribution >= 0.6 is 0 Å². The van der Waals surface area contributed by atoms with E-state index in [2.05, 4.69) is 39.7 Å². The molecule has 0 bridgehead atoms. The summed E-state index contributed by atoms with van der Waals surface area (Å²) in [6.45, 7) is 4.83. The molecule has 6 heteroatoms. The number of hydrogen-bond acceptors (Lipinski definition) is 4. The van der Waals surface area contributed by atoms with Crippen LogP contribution in [-0.2, 0) is 11.3 Å². The first-order valence-electron chi connectivity index (χ1n) is 8.32. The normalized spacial score (nSPS) is 14.2. The number of nitrogens with zero attached hydrogens (tertiary/aromatic N) is 4. The van der Waals surface area contributed by atoms with Crippen LogP contribution in [0.3, 0.4) is 0 Å². The van der Waals surface area contributed by atoms with Crippen LogP contribution in [0.1, 0.15) is 53.0 Å². The Labute approximate surface area is 140 Å². The zero-order valence-corrected chi connectivity index (χ0v) is 13.9. The number of carbonyl (C=O) groups is 1. The highest BCUT2D eigenvalue weighted by molar-refractivity contribution is 5.88. The van der Waals surface area contributed by atoms with Gasteiger partial charge in [-0.1, -0.05) is 6.07 Å². The maximum atomic E-state index is 11.7. The SMILES string of the molecule is CCOC(=O)c1cnn(Cc2cn3c(C)c(C4CC4)ccc3n2)c1. The lowest BCUT2D eigenvalue weighted by Gasteiger charge is -2.06. The molecule has 0 aliphatic heterocycles. The van der Waals surface area contributed by atoms with Crippen LogP contribution < -0.4 is 0 Å². The van der Waals surface area contributed by atoms with Crippen molar-refractivity contribution in [1.29, 1.82) is 0 Å². The first kappa shape index (κ1) is 14.9. The van der Waals surface area contributed by atoms with Gasteiger partial charge in [-0.2, -0.15) is 5.10 Å². The Kier molecular flexibility index (Phi) is 3.59. The standard InChI is InChI=1S/C18H20N4O2/c1-3-24-18(23)14-8-19-21(9-14)10-15-11-22-12(2)16(13-4-5-13)6-7-17(22)20-15/h6-9,11,13H,3-5,10H2,1-2H3. The number of pyridine rings is 1. The third-order valence-electron chi connectivity index (χ3n) is 4.46. The molecule has 1 fully saturated rings. The average Bonchev–Trinajstić information content (AvgIpc) is 3.14. The summed E-state index contributed by atoms with van der Waals surface area (Å²) >= 11 is 0. The maximum Gasteiger partial charge on any atom is 0.341 e. The largest absolute Gasteiger partial charge is 0.462 e. The molecule has 124 valence electrons. The van der Waals surface area contributed by atoms with E-state index < -0.39 is 0 Å². The highest BCUT2D eigenvalue weighted by atomic mass is 16.5. The van der Waals surface area contributed by atoms with Gasteiger partial charge in [-0.15, -0.1) is 0 Å². The second kappa shape index (κ2) is 5.78. The third-order valence-corrected chi connectivity index (χ3v) is 4.46. The Bertz CT molecular complexity index is 905. The molecule has 0 aromatic carbocycles. The van der Waals surface area contributed by atoms with Gasteiger partial charge in [0.1, 0.15) is 5.65 Å².